The third-order valence-electron chi connectivity index (χ3n) is 2.59. The van der Waals surface area contributed by atoms with Gasteiger partial charge in [-0.2, -0.15) is 5.10 Å². The van der Waals surface area contributed by atoms with Crippen LogP contribution in [0.1, 0.15) is 39.0 Å². The number of nitrogens with zero attached hydrogens (tertiary/aromatic N) is 2. The van der Waals surface area contributed by atoms with Crippen molar-refractivity contribution in [3.63, 3.8) is 0 Å². The van der Waals surface area contributed by atoms with Gasteiger partial charge in [0.05, 0.1) is 16.5 Å². The number of thioether (sulfide) groups is 1. The van der Waals surface area contributed by atoms with Crippen LogP contribution in [-0.4, -0.2) is 33.6 Å². The number of aryl methyl sites for hydroxylation is 2. The molecule has 1 heterocycles. The lowest BCUT2D eigenvalue weighted by Gasteiger charge is -2.19. The Labute approximate surface area is 125 Å². The molecule has 0 fully saturated rings. The summed E-state index contributed by atoms with van der Waals surface area (Å²) in [5.41, 5.74) is 1.72. The maximum atomic E-state index is 11.8. The first-order valence-electron chi connectivity index (χ1n) is 6.82. The van der Waals surface area contributed by atoms with E-state index < -0.39 is 5.60 Å². The molecular weight excluding hydrogens is 274 g/mol. The van der Waals surface area contributed by atoms with E-state index in [0.717, 1.165) is 29.4 Å². The standard InChI is InChI=1S/C14H25N3O2S/c1-7-15-8-11-10(2)16-17(6)13(11)20-9-12(18)19-14(3,4)5/h15H,7-9H2,1-6H3. The first-order chi connectivity index (χ1) is 9.24. The number of nitrogens with one attached hydrogen (secondary N) is 1. The van der Waals surface area contributed by atoms with E-state index in [1.54, 1.807) is 0 Å². The van der Waals surface area contributed by atoms with Gasteiger partial charge in [0.2, 0.25) is 0 Å². The molecule has 1 N–H and O–H groups in total. The lowest BCUT2D eigenvalue weighted by atomic mass is 10.2. The lowest BCUT2D eigenvalue weighted by Crippen LogP contribution is -2.25. The van der Waals surface area contributed by atoms with Gasteiger partial charge in [0.15, 0.2) is 0 Å². The van der Waals surface area contributed by atoms with E-state index in [2.05, 4.69) is 17.3 Å². The zero-order chi connectivity index (χ0) is 15.3. The van der Waals surface area contributed by atoms with Gasteiger partial charge in [0.25, 0.3) is 0 Å². The van der Waals surface area contributed by atoms with Crippen molar-refractivity contribution in [1.29, 1.82) is 0 Å². The number of esters is 1. The first kappa shape index (κ1) is 17.0. The molecule has 0 unspecified atom stereocenters. The molecule has 0 aromatic carbocycles. The summed E-state index contributed by atoms with van der Waals surface area (Å²) in [6, 6.07) is 0. The van der Waals surface area contributed by atoms with E-state index in [4.69, 9.17) is 4.74 Å². The van der Waals surface area contributed by atoms with Crippen molar-refractivity contribution in [2.45, 2.75) is 51.8 Å². The molecule has 1 rings (SSSR count). The first-order valence-corrected chi connectivity index (χ1v) is 7.81. The van der Waals surface area contributed by atoms with E-state index in [-0.39, 0.29) is 5.97 Å². The van der Waals surface area contributed by atoms with Crippen LogP contribution in [0.5, 0.6) is 0 Å². The minimum atomic E-state index is -0.438. The fourth-order valence-corrected chi connectivity index (χ4v) is 2.75. The molecule has 0 atom stereocenters. The molecule has 0 aliphatic heterocycles. The van der Waals surface area contributed by atoms with Crippen LogP contribution in [0, 0.1) is 6.92 Å². The van der Waals surface area contributed by atoms with Crippen LogP contribution in [0.15, 0.2) is 5.03 Å². The van der Waals surface area contributed by atoms with Crippen LogP contribution in [0.3, 0.4) is 0 Å². The molecule has 0 bridgehead atoms. The van der Waals surface area contributed by atoms with Crippen molar-refractivity contribution in [3.8, 4) is 0 Å². The molecule has 114 valence electrons. The highest BCUT2D eigenvalue weighted by Crippen LogP contribution is 2.25. The van der Waals surface area contributed by atoms with Crippen molar-refractivity contribution in [3.05, 3.63) is 11.3 Å². The van der Waals surface area contributed by atoms with Crippen LogP contribution in [-0.2, 0) is 23.1 Å². The highest BCUT2D eigenvalue weighted by atomic mass is 32.2. The molecule has 6 heteroatoms. The van der Waals surface area contributed by atoms with Crippen LogP contribution < -0.4 is 5.32 Å². The quantitative estimate of drug-likeness (QED) is 0.645. The molecule has 0 saturated carbocycles. The van der Waals surface area contributed by atoms with Gasteiger partial charge in [-0.25, -0.2) is 0 Å². The van der Waals surface area contributed by atoms with Crippen molar-refractivity contribution in [1.82, 2.24) is 15.1 Å². The summed E-state index contributed by atoms with van der Waals surface area (Å²) in [7, 11) is 1.90. The van der Waals surface area contributed by atoms with Gasteiger partial charge in [-0.1, -0.05) is 18.7 Å². The summed E-state index contributed by atoms with van der Waals surface area (Å²) in [6.45, 7) is 11.4. The Kier molecular flexibility index (Phi) is 6.07. The van der Waals surface area contributed by atoms with E-state index in [1.807, 2.05) is 39.4 Å². The molecule has 0 aliphatic carbocycles. The lowest BCUT2D eigenvalue weighted by molar-refractivity contribution is -0.151. The zero-order valence-electron chi connectivity index (χ0n) is 13.2. The zero-order valence-corrected chi connectivity index (χ0v) is 14.1. The van der Waals surface area contributed by atoms with Crippen LogP contribution in [0.4, 0.5) is 0 Å². The Balaban J connectivity index is 2.69. The molecule has 0 aliphatic rings. The SMILES string of the molecule is CCNCc1c(C)nn(C)c1SCC(=O)OC(C)(C)C. The second-order valence-electron chi connectivity index (χ2n) is 5.65. The monoisotopic (exact) mass is 299 g/mol. The van der Waals surface area contributed by atoms with E-state index in [0.29, 0.717) is 5.75 Å². The number of rotatable bonds is 6. The Morgan fingerprint density at radius 1 is 1.45 bits per heavy atom. The van der Waals surface area contributed by atoms with Gasteiger partial charge in [-0.3, -0.25) is 9.48 Å². The average molecular weight is 299 g/mol. The highest BCUT2D eigenvalue weighted by molar-refractivity contribution is 7.99. The number of hydrogen-bond acceptors (Lipinski definition) is 5. The van der Waals surface area contributed by atoms with Crippen molar-refractivity contribution >= 4 is 17.7 Å². The largest absolute Gasteiger partial charge is 0.459 e. The summed E-state index contributed by atoms with van der Waals surface area (Å²) in [5, 5.41) is 8.74. The molecule has 20 heavy (non-hydrogen) atoms. The third-order valence-corrected chi connectivity index (χ3v) is 3.75. The third kappa shape index (κ3) is 5.17. The summed E-state index contributed by atoms with van der Waals surface area (Å²) in [5.74, 6) is 0.103. The minimum Gasteiger partial charge on any atom is -0.459 e. The number of carbonyl (C=O) groups excluding carboxylic acids is 1. The fraction of sp³-hybridized carbons (Fsp3) is 0.714. The van der Waals surface area contributed by atoms with Crippen LogP contribution in [0.2, 0.25) is 0 Å². The Hall–Kier alpha value is -1.01. The molecular formula is C14H25N3O2S. The normalized spacial score (nSPS) is 11.7. The number of hydrogen-bond donors (Lipinski definition) is 1. The molecule has 5 nitrogen and oxygen atoms in total. The fourth-order valence-electron chi connectivity index (χ4n) is 1.81. The van der Waals surface area contributed by atoms with E-state index in [9.17, 15) is 4.79 Å². The second-order valence-corrected chi connectivity index (χ2v) is 6.61. The highest BCUT2D eigenvalue weighted by Gasteiger charge is 2.19. The average Bonchev–Trinajstić information content (AvgIpc) is 2.56. The summed E-state index contributed by atoms with van der Waals surface area (Å²) < 4.78 is 7.15. The van der Waals surface area contributed by atoms with Crippen LogP contribution >= 0.6 is 11.8 Å². The van der Waals surface area contributed by atoms with Crippen molar-refractivity contribution in [2.75, 3.05) is 12.3 Å². The molecule has 1 aromatic rings. The molecule has 0 radical (unpaired) electrons. The predicted molar refractivity (Wildman–Crippen MR) is 81.9 cm³/mol. The topological polar surface area (TPSA) is 56.2 Å². The number of ether oxygens (including phenoxy) is 1. The summed E-state index contributed by atoms with van der Waals surface area (Å²) >= 11 is 1.48. The maximum Gasteiger partial charge on any atom is 0.316 e. The van der Waals surface area contributed by atoms with Gasteiger partial charge < -0.3 is 10.1 Å². The Morgan fingerprint density at radius 3 is 2.65 bits per heavy atom. The van der Waals surface area contributed by atoms with Gasteiger partial charge >= 0.3 is 5.97 Å². The molecule has 0 amide bonds. The van der Waals surface area contributed by atoms with Crippen LogP contribution in [0.25, 0.3) is 0 Å². The van der Waals surface area contributed by atoms with E-state index >= 15 is 0 Å². The minimum absolute atomic E-state index is 0.198. The van der Waals surface area contributed by atoms with Gasteiger partial charge in [0, 0.05) is 19.2 Å². The number of carbonyl (C=O) groups is 1. The molecule has 0 spiro atoms. The second kappa shape index (κ2) is 7.13. The smallest absolute Gasteiger partial charge is 0.316 e. The Bertz CT molecular complexity index is 464. The van der Waals surface area contributed by atoms with Crippen molar-refractivity contribution in [2.24, 2.45) is 7.05 Å². The van der Waals surface area contributed by atoms with Gasteiger partial charge in [-0.15, -0.1) is 0 Å². The number of aromatic nitrogens is 2. The van der Waals surface area contributed by atoms with Gasteiger partial charge in [-0.05, 0) is 34.2 Å². The van der Waals surface area contributed by atoms with E-state index in [1.165, 1.54) is 11.8 Å². The van der Waals surface area contributed by atoms with Crippen molar-refractivity contribution < 1.29 is 9.53 Å². The predicted octanol–water partition coefficient (Wildman–Crippen LogP) is 2.27. The summed E-state index contributed by atoms with van der Waals surface area (Å²) in [4.78, 5) is 11.8. The van der Waals surface area contributed by atoms with Gasteiger partial charge in [0.1, 0.15) is 5.60 Å². The Morgan fingerprint density at radius 2 is 2.10 bits per heavy atom. The molecule has 0 saturated heterocycles. The maximum absolute atomic E-state index is 11.8. The molecule has 1 aromatic heterocycles. The summed E-state index contributed by atoms with van der Waals surface area (Å²) in [6.07, 6.45) is 0.